The minimum absolute atomic E-state index is 0.311. The Morgan fingerprint density at radius 3 is 2.33 bits per heavy atom. The number of carbonyl (C=O) groups is 1. The highest BCUT2D eigenvalue weighted by Crippen LogP contribution is 2.33. The number of hydrogen-bond donors (Lipinski definition) is 0. The van der Waals surface area contributed by atoms with Crippen LogP contribution in [-0.2, 0) is 4.74 Å². The van der Waals surface area contributed by atoms with Crippen LogP contribution in [0.4, 0.5) is 0 Å². The number of carbonyl (C=O) groups excluding carboxylic acids is 1. The zero-order chi connectivity index (χ0) is 19.6. The molecule has 0 N–H and O–H groups in total. The number of nitrogens with zero attached hydrogens (tertiary/aromatic N) is 2. The Labute approximate surface area is 154 Å². The zero-order valence-electron chi connectivity index (χ0n) is 15.3. The molecule has 0 aliphatic carbocycles. The van der Waals surface area contributed by atoms with E-state index in [1.54, 1.807) is 24.3 Å². The van der Waals surface area contributed by atoms with Gasteiger partial charge in [-0.25, -0.2) is 9.78 Å². The van der Waals surface area contributed by atoms with Gasteiger partial charge in [0, 0.05) is 0 Å². The van der Waals surface area contributed by atoms with Gasteiger partial charge in [-0.05, 0) is 30.3 Å². The van der Waals surface area contributed by atoms with Gasteiger partial charge in [-0.3, -0.25) is 9.36 Å². The number of aromatic nitrogens is 2. The van der Waals surface area contributed by atoms with Gasteiger partial charge in [-0.1, -0.05) is 0 Å². The molecule has 8 nitrogen and oxygen atoms in total. The lowest BCUT2D eigenvalue weighted by atomic mass is 10.1. The summed E-state index contributed by atoms with van der Waals surface area (Å²) in [5, 5.41) is 0.356. The van der Waals surface area contributed by atoms with Crippen molar-refractivity contribution in [1.82, 2.24) is 9.55 Å². The fourth-order valence-electron chi connectivity index (χ4n) is 2.80. The molecule has 3 aromatic rings. The second kappa shape index (κ2) is 7.36. The summed E-state index contributed by atoms with van der Waals surface area (Å²) in [4.78, 5) is 29.1. The maximum atomic E-state index is 13.0. The average Bonchev–Trinajstić information content (AvgIpc) is 2.72. The van der Waals surface area contributed by atoms with Crippen LogP contribution in [0.5, 0.6) is 17.2 Å². The monoisotopic (exact) mass is 370 g/mol. The maximum Gasteiger partial charge on any atom is 0.337 e. The predicted molar refractivity (Wildman–Crippen MR) is 98.3 cm³/mol. The van der Waals surface area contributed by atoms with Crippen molar-refractivity contribution in [1.29, 1.82) is 0 Å². The molecule has 1 aromatic heterocycles. The molecule has 1 heterocycles. The quantitative estimate of drug-likeness (QED) is 0.636. The molecular weight excluding hydrogens is 352 g/mol. The molecule has 0 amide bonds. The molecule has 0 saturated carbocycles. The van der Waals surface area contributed by atoms with Crippen molar-refractivity contribution in [2.45, 2.75) is 0 Å². The van der Waals surface area contributed by atoms with Crippen LogP contribution >= 0.6 is 0 Å². The van der Waals surface area contributed by atoms with Gasteiger partial charge in [-0.15, -0.1) is 0 Å². The van der Waals surface area contributed by atoms with E-state index in [1.165, 1.54) is 45.4 Å². The summed E-state index contributed by atoms with van der Waals surface area (Å²) in [5.41, 5.74) is 0.832. The van der Waals surface area contributed by atoms with E-state index >= 15 is 0 Å². The number of fused-ring (bicyclic) bond motifs is 1. The van der Waals surface area contributed by atoms with Crippen molar-refractivity contribution in [3.63, 3.8) is 0 Å². The molecule has 0 radical (unpaired) electrons. The zero-order valence-corrected chi connectivity index (χ0v) is 15.3. The molecule has 0 aliphatic rings. The molecule has 27 heavy (non-hydrogen) atoms. The Morgan fingerprint density at radius 2 is 1.70 bits per heavy atom. The van der Waals surface area contributed by atoms with Crippen molar-refractivity contribution in [2.75, 3.05) is 28.4 Å². The number of methoxy groups -OCH3 is 4. The van der Waals surface area contributed by atoms with Gasteiger partial charge in [0.25, 0.3) is 5.56 Å². The topological polar surface area (TPSA) is 88.9 Å². The SMILES string of the molecule is COC(=O)c1ccc(-n2cnc3c(OC)c(OC)ccc3c2=O)c(OC)c1. The Morgan fingerprint density at radius 1 is 0.963 bits per heavy atom. The van der Waals surface area contributed by atoms with Gasteiger partial charge < -0.3 is 18.9 Å². The number of ether oxygens (including phenoxy) is 4. The number of benzene rings is 2. The van der Waals surface area contributed by atoms with Crippen LogP contribution in [0.15, 0.2) is 41.5 Å². The molecule has 0 unspecified atom stereocenters. The Balaban J connectivity index is 2.23. The van der Waals surface area contributed by atoms with Crippen molar-refractivity contribution in [2.24, 2.45) is 0 Å². The number of esters is 1. The molecule has 8 heteroatoms. The lowest BCUT2D eigenvalue weighted by molar-refractivity contribution is 0.0600. The Kier molecular flexibility index (Phi) is 4.98. The third-order valence-electron chi connectivity index (χ3n) is 4.13. The summed E-state index contributed by atoms with van der Waals surface area (Å²) >= 11 is 0. The number of hydrogen-bond acceptors (Lipinski definition) is 7. The molecule has 0 saturated heterocycles. The summed E-state index contributed by atoms with van der Waals surface area (Å²) in [6, 6.07) is 7.92. The second-order valence-corrected chi connectivity index (χ2v) is 5.50. The number of rotatable bonds is 5. The standard InChI is InChI=1S/C19H18N2O6/c1-24-14-8-6-12-16(17(14)26-3)20-10-21(18(12)22)13-7-5-11(19(23)27-4)9-15(13)25-2/h5-10H,1-4H3. The molecule has 0 atom stereocenters. The molecular formula is C19H18N2O6. The van der Waals surface area contributed by atoms with E-state index in [4.69, 9.17) is 18.9 Å². The summed E-state index contributed by atoms with van der Waals surface area (Å²) < 4.78 is 22.0. The molecule has 0 fully saturated rings. The minimum Gasteiger partial charge on any atom is -0.495 e. The highest BCUT2D eigenvalue weighted by molar-refractivity contribution is 5.90. The van der Waals surface area contributed by atoms with E-state index in [-0.39, 0.29) is 5.56 Å². The minimum atomic E-state index is -0.499. The van der Waals surface area contributed by atoms with E-state index in [9.17, 15) is 9.59 Å². The van der Waals surface area contributed by atoms with Crippen molar-refractivity contribution in [3.8, 4) is 22.9 Å². The van der Waals surface area contributed by atoms with Crippen molar-refractivity contribution in [3.05, 3.63) is 52.6 Å². The molecule has 3 rings (SSSR count). The van der Waals surface area contributed by atoms with Crippen LogP contribution in [0.1, 0.15) is 10.4 Å². The first-order valence-electron chi connectivity index (χ1n) is 7.94. The fourth-order valence-corrected chi connectivity index (χ4v) is 2.80. The smallest absolute Gasteiger partial charge is 0.337 e. The van der Waals surface area contributed by atoms with Gasteiger partial charge in [-0.2, -0.15) is 0 Å². The van der Waals surface area contributed by atoms with Gasteiger partial charge in [0.2, 0.25) is 0 Å². The first-order chi connectivity index (χ1) is 13.0. The van der Waals surface area contributed by atoms with E-state index in [0.29, 0.717) is 39.4 Å². The van der Waals surface area contributed by atoms with Crippen LogP contribution in [0.25, 0.3) is 16.6 Å². The molecule has 2 aromatic carbocycles. The van der Waals surface area contributed by atoms with E-state index in [0.717, 1.165) is 0 Å². The lowest BCUT2D eigenvalue weighted by Gasteiger charge is -2.14. The Bertz CT molecular complexity index is 1070. The van der Waals surface area contributed by atoms with Gasteiger partial charge >= 0.3 is 5.97 Å². The van der Waals surface area contributed by atoms with Gasteiger partial charge in [0.15, 0.2) is 11.5 Å². The normalized spacial score (nSPS) is 10.5. The lowest BCUT2D eigenvalue weighted by Crippen LogP contribution is -2.20. The molecule has 0 bridgehead atoms. The first-order valence-corrected chi connectivity index (χ1v) is 7.94. The van der Waals surface area contributed by atoms with Crippen LogP contribution in [0, 0.1) is 0 Å². The highest BCUT2D eigenvalue weighted by Gasteiger charge is 2.17. The fraction of sp³-hybridized carbons (Fsp3) is 0.211. The molecule has 0 aliphatic heterocycles. The summed E-state index contributed by atoms with van der Waals surface area (Å²) in [6.07, 6.45) is 1.38. The third-order valence-corrected chi connectivity index (χ3v) is 4.13. The van der Waals surface area contributed by atoms with E-state index in [2.05, 4.69) is 4.98 Å². The first kappa shape index (κ1) is 18.2. The van der Waals surface area contributed by atoms with Crippen LogP contribution in [-0.4, -0.2) is 44.0 Å². The summed E-state index contributed by atoms with van der Waals surface area (Å²) in [7, 11) is 5.74. The highest BCUT2D eigenvalue weighted by atomic mass is 16.5. The van der Waals surface area contributed by atoms with Crippen LogP contribution in [0.2, 0.25) is 0 Å². The van der Waals surface area contributed by atoms with Crippen molar-refractivity contribution < 1.29 is 23.7 Å². The maximum absolute atomic E-state index is 13.0. The average molecular weight is 370 g/mol. The van der Waals surface area contributed by atoms with Gasteiger partial charge in [0.05, 0.1) is 45.1 Å². The predicted octanol–water partition coefficient (Wildman–Crippen LogP) is 2.20. The summed E-state index contributed by atoms with van der Waals surface area (Å²) in [5.74, 6) is 0.698. The summed E-state index contributed by atoms with van der Waals surface area (Å²) in [6.45, 7) is 0. The second-order valence-electron chi connectivity index (χ2n) is 5.50. The van der Waals surface area contributed by atoms with Gasteiger partial charge in [0.1, 0.15) is 17.6 Å². The largest absolute Gasteiger partial charge is 0.495 e. The molecule has 140 valence electrons. The van der Waals surface area contributed by atoms with Crippen LogP contribution < -0.4 is 19.8 Å². The van der Waals surface area contributed by atoms with E-state index in [1.807, 2.05) is 0 Å². The van der Waals surface area contributed by atoms with E-state index < -0.39 is 5.97 Å². The Hall–Kier alpha value is -3.55. The molecule has 0 spiro atoms. The third kappa shape index (κ3) is 3.05. The van der Waals surface area contributed by atoms with Crippen molar-refractivity contribution >= 4 is 16.9 Å². The van der Waals surface area contributed by atoms with Crippen LogP contribution in [0.3, 0.4) is 0 Å².